The van der Waals surface area contributed by atoms with Crippen LogP contribution in [0.4, 0.5) is 24.5 Å². The minimum absolute atomic E-state index is 0.00223. The van der Waals surface area contributed by atoms with Gasteiger partial charge in [-0.15, -0.1) is 11.8 Å². The molecule has 4 heterocycles. The van der Waals surface area contributed by atoms with Gasteiger partial charge in [-0.05, 0) is 215 Å². The molecule has 0 aromatic heterocycles. The SMILES string of the molecule is CN[C@@H](C)C(=O)N[C@H]1CCO[C@H]2CC(C)(C)[C@@H](C(=O)N[C@@H]3CCCc4cc(OCCCCC(=O)N5CCN(CC[C@H](CSc6ccccc6)Nc6ccc(S(=O)(=O)NC(=O)c7ccc(N8CCC(CC9=C(c%10ccc(Cl)cc%10)CCC(C)(C)C9)CC8)cc7)cc6S(=O)(=O)C(F)(F)F)CC5)ccc43)N2C1=O. The van der Waals surface area contributed by atoms with Crippen LogP contribution in [0.1, 0.15) is 158 Å². The van der Waals surface area contributed by atoms with Gasteiger partial charge in [0.05, 0.1) is 35.9 Å². The first-order valence-electron chi connectivity index (χ1n) is 36.7. The zero-order valence-corrected chi connectivity index (χ0v) is 63.9. The van der Waals surface area contributed by atoms with Crippen LogP contribution in [-0.2, 0) is 50.2 Å². The van der Waals surface area contributed by atoms with Gasteiger partial charge >= 0.3 is 5.51 Å². The molecule has 5 N–H and O–H groups in total. The number of unbranched alkanes of at least 4 members (excludes halogenated alkanes) is 1. The number of sulfonamides is 1. The quantitative estimate of drug-likeness (QED) is 0.0242. The number of likely N-dealkylation sites (N-methyl/N-ethyl adjacent to an activating group) is 1. The van der Waals surface area contributed by atoms with Gasteiger partial charge in [-0.25, -0.2) is 21.6 Å². The van der Waals surface area contributed by atoms with Crippen molar-refractivity contribution >= 4 is 89.7 Å². The van der Waals surface area contributed by atoms with Gasteiger partial charge in [0.1, 0.15) is 29.0 Å². The lowest BCUT2D eigenvalue weighted by molar-refractivity contribution is -0.150. The van der Waals surface area contributed by atoms with Crippen molar-refractivity contribution in [1.82, 2.24) is 35.4 Å². The monoisotopic (exact) mass is 1530 g/mol. The third-order valence-corrected chi connectivity index (χ3v) is 25.9. The molecule has 5 aromatic rings. The molecule has 0 unspecified atom stereocenters. The standard InChI is InChI=1S/C78H99ClF3N9O11S3/c1-51(83-6)72(93)86-67-34-44-102-70-49-77(4,5)71(91(70)75(67)96)74(95)85-65-16-12-13-55-46-60(26-28-64(55)65)101-43-11-10-17-69(92)90-41-39-88(40-42-90)36-33-58(50-103-61-14-8-7-9-15-61)84-66-29-27-62(47-68(66)104(97,98)78(80,81)82)105(99,100)87-73(94)54-20-24-59(25-21-54)89-37-31-52(32-38-89)45-56-48-76(2,3)35-30-63(56)53-18-22-57(79)23-19-53/h7-9,14-15,18-29,46-47,51-52,58,65,67,70-71,83-84H,10-13,16-17,30-45,48-50H2,1-6H3,(H,85,95)(H,86,93)(H,87,94)/t51-,58+,65+,67-,70-,71+/m0/s1. The van der Waals surface area contributed by atoms with E-state index in [0.717, 1.165) is 105 Å². The van der Waals surface area contributed by atoms with Crippen LogP contribution >= 0.6 is 23.4 Å². The number of aryl methyl sites for hydroxylation is 1. The number of hydrogen-bond donors (Lipinski definition) is 5. The van der Waals surface area contributed by atoms with Crippen molar-refractivity contribution in [3.05, 3.63) is 148 Å². The van der Waals surface area contributed by atoms with Crippen LogP contribution in [0.5, 0.6) is 5.75 Å². The maximum atomic E-state index is 14.6. The summed E-state index contributed by atoms with van der Waals surface area (Å²) < 4.78 is 113. The first-order chi connectivity index (χ1) is 49.9. The van der Waals surface area contributed by atoms with Crippen LogP contribution in [0.15, 0.2) is 136 Å². The number of ether oxygens (including phenoxy) is 2. The molecule has 0 spiro atoms. The van der Waals surface area contributed by atoms with Crippen molar-refractivity contribution in [2.24, 2.45) is 16.7 Å². The Morgan fingerprint density at radius 2 is 1.53 bits per heavy atom. The van der Waals surface area contributed by atoms with Gasteiger partial charge < -0.3 is 45.4 Å². The van der Waals surface area contributed by atoms with E-state index in [1.807, 2.05) is 84.1 Å². The van der Waals surface area contributed by atoms with Gasteiger partial charge in [0.25, 0.3) is 25.8 Å². The van der Waals surface area contributed by atoms with E-state index < -0.39 is 82.6 Å². The number of nitrogens with one attached hydrogen (secondary N) is 5. The number of fused-ring (bicyclic) bond motifs is 2. The lowest BCUT2D eigenvalue weighted by atomic mass is 9.70. The average molecular weight is 1530 g/mol. The summed E-state index contributed by atoms with van der Waals surface area (Å²) >= 11 is 7.65. The molecule has 0 radical (unpaired) electrons. The van der Waals surface area contributed by atoms with E-state index in [1.54, 1.807) is 31.0 Å². The smallest absolute Gasteiger partial charge is 0.494 e. The summed E-state index contributed by atoms with van der Waals surface area (Å²) in [4.78, 5) is 74.8. The van der Waals surface area contributed by atoms with Crippen LogP contribution in [0, 0.1) is 16.7 Å². The highest BCUT2D eigenvalue weighted by Gasteiger charge is 2.55. The second-order valence-corrected chi connectivity index (χ2v) is 35.4. The predicted octanol–water partition coefficient (Wildman–Crippen LogP) is 12.3. The molecule has 0 bridgehead atoms. The third kappa shape index (κ3) is 19.6. The van der Waals surface area contributed by atoms with Gasteiger partial charge in [-0.1, -0.05) is 81.3 Å². The van der Waals surface area contributed by atoms with Crippen LogP contribution in [-0.4, -0.2) is 169 Å². The van der Waals surface area contributed by atoms with Crippen LogP contribution in [0.25, 0.3) is 5.57 Å². The minimum Gasteiger partial charge on any atom is -0.494 e. The van der Waals surface area contributed by atoms with Crippen LogP contribution in [0.2, 0.25) is 5.02 Å². The highest BCUT2D eigenvalue weighted by Crippen LogP contribution is 2.47. The number of allylic oxidation sites excluding steroid dienone is 2. The molecule has 5 aromatic carbocycles. The van der Waals surface area contributed by atoms with Crippen molar-refractivity contribution in [2.75, 3.05) is 82.0 Å². The number of piperidine rings is 1. The van der Waals surface area contributed by atoms with Gasteiger partial charge in [0, 0.05) is 91.6 Å². The van der Waals surface area contributed by atoms with Crippen molar-refractivity contribution in [1.29, 1.82) is 0 Å². The molecule has 6 aliphatic rings. The highest BCUT2D eigenvalue weighted by atomic mass is 35.5. The normalized spacial score (nSPS) is 21.5. The lowest BCUT2D eigenvalue weighted by Gasteiger charge is -2.38. The van der Waals surface area contributed by atoms with Gasteiger partial charge in [0.2, 0.25) is 23.6 Å². The predicted molar refractivity (Wildman–Crippen MR) is 402 cm³/mol. The lowest BCUT2D eigenvalue weighted by Crippen LogP contribution is -2.58. The maximum absolute atomic E-state index is 14.6. The summed E-state index contributed by atoms with van der Waals surface area (Å²) in [7, 11) is -9.43. The molecule has 105 heavy (non-hydrogen) atoms. The van der Waals surface area contributed by atoms with Crippen LogP contribution < -0.4 is 35.6 Å². The van der Waals surface area contributed by atoms with Gasteiger partial charge in [0.15, 0.2) is 0 Å². The number of carbonyl (C=O) groups is 5. The number of anilines is 2. The van der Waals surface area contributed by atoms with Crippen molar-refractivity contribution in [2.45, 2.75) is 188 Å². The van der Waals surface area contributed by atoms with E-state index in [-0.39, 0.29) is 53.0 Å². The molecule has 4 fully saturated rings. The molecular formula is C78H99ClF3N9O11S3. The number of amides is 5. The Morgan fingerprint density at radius 3 is 2.24 bits per heavy atom. The Hall–Kier alpha value is -7.20. The number of rotatable bonds is 27. The molecule has 2 aliphatic carbocycles. The van der Waals surface area contributed by atoms with Gasteiger partial charge in [-0.2, -0.15) is 13.2 Å². The molecule has 11 rings (SSSR count). The van der Waals surface area contributed by atoms with E-state index >= 15 is 0 Å². The van der Waals surface area contributed by atoms with Crippen LogP contribution in [0.3, 0.4) is 0 Å². The van der Waals surface area contributed by atoms with Gasteiger partial charge in [-0.3, -0.25) is 28.9 Å². The Kier molecular flexibility index (Phi) is 25.5. The summed E-state index contributed by atoms with van der Waals surface area (Å²) in [6.45, 7) is 14.9. The minimum atomic E-state index is -6.17. The fraction of sp³-hybridized carbons (Fsp3) is 0.526. The van der Waals surface area contributed by atoms with E-state index in [1.165, 1.54) is 40.6 Å². The number of benzene rings is 5. The Balaban J connectivity index is 0.650. The summed E-state index contributed by atoms with van der Waals surface area (Å²) in [5, 5.41) is 12.8. The molecule has 20 nitrogen and oxygen atoms in total. The molecule has 5 amide bonds. The largest absolute Gasteiger partial charge is 0.501 e. The van der Waals surface area contributed by atoms with Crippen molar-refractivity contribution < 1.29 is 63.5 Å². The van der Waals surface area contributed by atoms with E-state index in [2.05, 4.69) is 57.0 Å². The van der Waals surface area contributed by atoms with E-state index in [9.17, 15) is 54.0 Å². The first-order valence-corrected chi connectivity index (χ1v) is 41.0. The fourth-order valence-electron chi connectivity index (χ4n) is 15.5. The Bertz CT molecular complexity index is 4190. The number of halogens is 4. The molecule has 568 valence electrons. The number of piperazine rings is 1. The number of sulfone groups is 1. The second kappa shape index (κ2) is 33.9. The zero-order chi connectivity index (χ0) is 75.0. The number of alkyl halides is 3. The Morgan fingerprint density at radius 1 is 0.810 bits per heavy atom. The van der Waals surface area contributed by atoms with E-state index in [4.69, 9.17) is 21.1 Å². The zero-order valence-electron chi connectivity index (χ0n) is 60.7. The third-order valence-electron chi connectivity index (χ3n) is 21.7. The molecule has 27 heteroatoms. The number of carbonyl (C=O) groups excluding carboxylic acids is 5. The van der Waals surface area contributed by atoms with E-state index in [0.29, 0.717) is 101 Å². The average Bonchev–Trinajstić information content (AvgIpc) is 1.69. The summed E-state index contributed by atoms with van der Waals surface area (Å²) in [6.07, 6.45) is 10.5. The summed E-state index contributed by atoms with van der Waals surface area (Å²) in [5.41, 5.74) is 0.367. The fourth-order valence-corrected chi connectivity index (χ4v) is 18.7. The van der Waals surface area contributed by atoms with Crippen molar-refractivity contribution in [3.8, 4) is 5.75 Å². The highest BCUT2D eigenvalue weighted by molar-refractivity contribution is 7.99. The number of nitrogens with zero attached hydrogens (tertiary/aromatic N) is 4. The second-order valence-electron chi connectivity index (χ2n) is 30.3. The summed E-state index contributed by atoms with van der Waals surface area (Å²) in [6, 6.07) is 29.0. The topological polar surface area (TPSA) is 245 Å². The first kappa shape index (κ1) is 78.9. The molecule has 6 atom stereocenters. The molecular weight excluding hydrogens is 1430 g/mol. The Labute approximate surface area is 625 Å². The number of hydrogen-bond acceptors (Lipinski definition) is 16. The molecule has 4 saturated heterocycles. The molecule has 4 aliphatic heterocycles. The summed E-state index contributed by atoms with van der Waals surface area (Å²) in [5.74, 6) is -0.504. The molecule has 0 saturated carbocycles. The number of thioether (sulfide) groups is 1. The maximum Gasteiger partial charge on any atom is 0.501 e. The van der Waals surface area contributed by atoms with Crippen molar-refractivity contribution in [3.63, 3.8) is 0 Å².